The Morgan fingerprint density at radius 1 is 1.19 bits per heavy atom. The molecule has 0 fully saturated rings. The molecule has 0 bridgehead atoms. The number of carbonyl (C=O) groups excluding carboxylic acids is 1. The first-order valence-electron chi connectivity index (χ1n) is 8.47. The minimum atomic E-state index is -1.04. The van der Waals surface area contributed by atoms with Crippen LogP contribution < -0.4 is 5.32 Å². The Hall–Kier alpha value is -3.15. The Kier molecular flexibility index (Phi) is 4.75. The molecule has 0 spiro atoms. The smallest absolute Gasteiger partial charge is 0.306 e. The van der Waals surface area contributed by atoms with Gasteiger partial charge in [-0.1, -0.05) is 18.2 Å². The molecule has 0 aliphatic rings. The highest BCUT2D eigenvalue weighted by molar-refractivity contribution is 6.07. The number of aryl methyl sites for hydroxylation is 1. The van der Waals surface area contributed by atoms with Gasteiger partial charge < -0.3 is 15.0 Å². The third-order valence-electron chi connectivity index (χ3n) is 4.59. The topological polar surface area (TPSA) is 84.2 Å². The summed E-state index contributed by atoms with van der Waals surface area (Å²) < 4.78 is 2.01. The number of aromatic nitrogens is 2. The summed E-state index contributed by atoms with van der Waals surface area (Å²) in [4.78, 5) is 28.4. The van der Waals surface area contributed by atoms with Crippen molar-refractivity contribution in [3.05, 3.63) is 66.1 Å². The maximum Gasteiger partial charge on any atom is 0.306 e. The largest absolute Gasteiger partial charge is 0.481 e. The highest BCUT2D eigenvalue weighted by Crippen LogP contribution is 2.27. The first-order chi connectivity index (χ1) is 12.4. The van der Waals surface area contributed by atoms with Crippen LogP contribution in [0.25, 0.3) is 10.9 Å². The van der Waals surface area contributed by atoms with E-state index in [1.165, 1.54) is 0 Å². The van der Waals surface area contributed by atoms with Crippen LogP contribution >= 0.6 is 0 Å². The van der Waals surface area contributed by atoms with Crippen LogP contribution in [0.3, 0.4) is 0 Å². The van der Waals surface area contributed by atoms with Crippen molar-refractivity contribution >= 4 is 22.8 Å². The second-order valence-electron chi connectivity index (χ2n) is 6.44. The molecule has 1 atom stereocenters. The van der Waals surface area contributed by atoms with Crippen LogP contribution in [0, 0.1) is 0 Å². The number of para-hydroxylation sites is 1. The standard InChI is InChI=1S/C20H21N3O3/c1-3-23-13-16(15-6-4-5-7-17(15)23)19(26)22-20(2,12-18(24)25)14-8-10-21-11-9-14/h4-11,13H,3,12H2,1-2H3,(H,22,26)(H,24,25). The minimum absolute atomic E-state index is 0.227. The van der Waals surface area contributed by atoms with Gasteiger partial charge >= 0.3 is 5.97 Å². The fourth-order valence-corrected chi connectivity index (χ4v) is 3.25. The second kappa shape index (κ2) is 7.00. The molecular weight excluding hydrogens is 330 g/mol. The Morgan fingerprint density at radius 3 is 2.54 bits per heavy atom. The fraction of sp³-hybridized carbons (Fsp3) is 0.250. The number of aliphatic carboxylic acids is 1. The summed E-state index contributed by atoms with van der Waals surface area (Å²) in [5.74, 6) is -1.28. The highest BCUT2D eigenvalue weighted by Gasteiger charge is 2.32. The van der Waals surface area contributed by atoms with Gasteiger partial charge in [-0.05, 0) is 37.6 Å². The number of rotatable bonds is 6. The third kappa shape index (κ3) is 3.31. The summed E-state index contributed by atoms with van der Waals surface area (Å²) >= 11 is 0. The monoisotopic (exact) mass is 351 g/mol. The van der Waals surface area contributed by atoms with Crippen molar-refractivity contribution in [1.82, 2.24) is 14.9 Å². The Labute approximate surface area is 151 Å². The first kappa shape index (κ1) is 17.7. The third-order valence-corrected chi connectivity index (χ3v) is 4.59. The average Bonchev–Trinajstić information content (AvgIpc) is 3.01. The number of pyridine rings is 1. The normalized spacial score (nSPS) is 13.3. The molecule has 1 unspecified atom stereocenters. The second-order valence-corrected chi connectivity index (χ2v) is 6.44. The van der Waals surface area contributed by atoms with E-state index in [1.54, 1.807) is 31.5 Å². The van der Waals surface area contributed by atoms with Gasteiger partial charge in [-0.2, -0.15) is 0 Å². The molecule has 0 saturated carbocycles. The molecule has 2 heterocycles. The molecule has 26 heavy (non-hydrogen) atoms. The molecule has 3 aromatic rings. The van der Waals surface area contributed by atoms with Gasteiger partial charge in [-0.15, -0.1) is 0 Å². The van der Waals surface area contributed by atoms with E-state index < -0.39 is 11.5 Å². The van der Waals surface area contributed by atoms with Crippen molar-refractivity contribution in [2.75, 3.05) is 0 Å². The van der Waals surface area contributed by atoms with Crippen molar-refractivity contribution in [2.24, 2.45) is 0 Å². The zero-order valence-electron chi connectivity index (χ0n) is 14.8. The van der Waals surface area contributed by atoms with Crippen LogP contribution in [0.2, 0.25) is 0 Å². The van der Waals surface area contributed by atoms with E-state index in [9.17, 15) is 14.7 Å². The molecule has 0 aliphatic heterocycles. The van der Waals surface area contributed by atoms with Gasteiger partial charge in [0.2, 0.25) is 0 Å². The van der Waals surface area contributed by atoms with Gasteiger partial charge in [0.15, 0.2) is 0 Å². The van der Waals surface area contributed by atoms with E-state index in [1.807, 2.05) is 42.0 Å². The zero-order chi connectivity index (χ0) is 18.7. The van der Waals surface area contributed by atoms with Crippen LogP contribution in [0.5, 0.6) is 0 Å². The van der Waals surface area contributed by atoms with E-state index in [-0.39, 0.29) is 12.3 Å². The Bertz CT molecular complexity index is 949. The van der Waals surface area contributed by atoms with E-state index in [4.69, 9.17) is 0 Å². The highest BCUT2D eigenvalue weighted by atomic mass is 16.4. The lowest BCUT2D eigenvalue weighted by molar-refractivity contribution is -0.138. The maximum atomic E-state index is 13.0. The van der Waals surface area contributed by atoms with Crippen molar-refractivity contribution in [1.29, 1.82) is 0 Å². The van der Waals surface area contributed by atoms with Crippen LogP contribution in [0.15, 0.2) is 55.0 Å². The number of nitrogens with one attached hydrogen (secondary N) is 1. The van der Waals surface area contributed by atoms with E-state index >= 15 is 0 Å². The first-order valence-corrected chi connectivity index (χ1v) is 8.47. The zero-order valence-corrected chi connectivity index (χ0v) is 14.8. The fourth-order valence-electron chi connectivity index (χ4n) is 3.25. The predicted octanol–water partition coefficient (Wildman–Crippen LogP) is 3.18. The van der Waals surface area contributed by atoms with Gasteiger partial charge in [0, 0.05) is 36.0 Å². The molecule has 1 amide bonds. The Balaban J connectivity index is 2.00. The molecule has 134 valence electrons. The average molecular weight is 351 g/mol. The number of carboxylic acid groups (broad SMARTS) is 1. The van der Waals surface area contributed by atoms with Gasteiger partial charge in [-0.25, -0.2) is 0 Å². The summed E-state index contributed by atoms with van der Waals surface area (Å²) in [7, 11) is 0. The molecule has 2 aromatic heterocycles. The lowest BCUT2D eigenvalue weighted by Crippen LogP contribution is -2.45. The number of amides is 1. The molecule has 2 N–H and O–H groups in total. The molecule has 0 saturated heterocycles. The number of carbonyl (C=O) groups is 2. The molecule has 6 nitrogen and oxygen atoms in total. The lowest BCUT2D eigenvalue weighted by Gasteiger charge is -2.29. The van der Waals surface area contributed by atoms with Gasteiger partial charge in [-0.3, -0.25) is 14.6 Å². The SMILES string of the molecule is CCn1cc(C(=O)NC(C)(CC(=O)O)c2ccncc2)c2ccccc21. The number of carboxylic acids is 1. The maximum absolute atomic E-state index is 13.0. The molecule has 1 aromatic carbocycles. The van der Waals surface area contributed by atoms with Crippen LogP contribution in [-0.4, -0.2) is 26.5 Å². The molecule has 3 rings (SSSR count). The number of hydrogen-bond donors (Lipinski definition) is 2. The number of fused-ring (bicyclic) bond motifs is 1. The van der Waals surface area contributed by atoms with Crippen LogP contribution in [0.1, 0.15) is 36.2 Å². The number of benzene rings is 1. The quantitative estimate of drug-likeness (QED) is 0.714. The van der Waals surface area contributed by atoms with Crippen LogP contribution in [0.4, 0.5) is 0 Å². The van der Waals surface area contributed by atoms with Crippen molar-refractivity contribution in [3.63, 3.8) is 0 Å². The summed E-state index contributed by atoms with van der Waals surface area (Å²) in [5, 5.41) is 13.1. The van der Waals surface area contributed by atoms with Crippen molar-refractivity contribution in [2.45, 2.75) is 32.4 Å². The van der Waals surface area contributed by atoms with Crippen LogP contribution in [-0.2, 0) is 16.9 Å². The summed E-state index contributed by atoms with van der Waals surface area (Å²) in [6.45, 7) is 4.47. The molecule has 0 aliphatic carbocycles. The van der Waals surface area contributed by atoms with Gasteiger partial charge in [0.25, 0.3) is 5.91 Å². The van der Waals surface area contributed by atoms with Crippen molar-refractivity contribution < 1.29 is 14.7 Å². The Morgan fingerprint density at radius 2 is 1.88 bits per heavy atom. The number of nitrogens with zero attached hydrogens (tertiary/aromatic N) is 2. The summed E-state index contributed by atoms with van der Waals surface area (Å²) in [5.41, 5.74) is 1.17. The van der Waals surface area contributed by atoms with E-state index in [0.717, 1.165) is 17.4 Å². The van der Waals surface area contributed by atoms with Crippen molar-refractivity contribution in [3.8, 4) is 0 Å². The molecule has 6 heteroatoms. The summed E-state index contributed by atoms with van der Waals surface area (Å²) in [6.07, 6.45) is 4.76. The summed E-state index contributed by atoms with van der Waals surface area (Å²) in [6, 6.07) is 11.1. The molecule has 0 radical (unpaired) electrons. The predicted molar refractivity (Wildman–Crippen MR) is 98.9 cm³/mol. The van der Waals surface area contributed by atoms with E-state index in [0.29, 0.717) is 11.1 Å². The van der Waals surface area contributed by atoms with Gasteiger partial charge in [0.05, 0.1) is 17.5 Å². The lowest BCUT2D eigenvalue weighted by atomic mass is 9.89. The molecular formula is C20H21N3O3. The van der Waals surface area contributed by atoms with E-state index in [2.05, 4.69) is 10.3 Å². The minimum Gasteiger partial charge on any atom is -0.481 e. The van der Waals surface area contributed by atoms with Gasteiger partial charge in [0.1, 0.15) is 0 Å². The number of hydrogen-bond acceptors (Lipinski definition) is 3.